The standard InChI is InChI=1S/C13H17NO4/c1-9(12(15)17-2)14-11(13(16)18-3)10-7-5-4-6-8-10/h4-9,11,14H,1-3H3/t9-,11-/m0/s1. The summed E-state index contributed by atoms with van der Waals surface area (Å²) in [5.74, 6) is -0.878. The van der Waals surface area contributed by atoms with Crippen LogP contribution in [0.4, 0.5) is 0 Å². The zero-order chi connectivity index (χ0) is 13.5. The van der Waals surface area contributed by atoms with Crippen molar-refractivity contribution >= 4 is 11.9 Å². The molecule has 1 aromatic rings. The van der Waals surface area contributed by atoms with Crippen LogP contribution in [0.2, 0.25) is 0 Å². The monoisotopic (exact) mass is 251 g/mol. The first kappa shape index (κ1) is 14.2. The van der Waals surface area contributed by atoms with Gasteiger partial charge in [-0.25, -0.2) is 4.79 Å². The van der Waals surface area contributed by atoms with Crippen LogP contribution in [0.3, 0.4) is 0 Å². The molecule has 0 bridgehead atoms. The van der Waals surface area contributed by atoms with Gasteiger partial charge < -0.3 is 9.47 Å². The van der Waals surface area contributed by atoms with Gasteiger partial charge in [0.1, 0.15) is 12.1 Å². The smallest absolute Gasteiger partial charge is 0.327 e. The van der Waals surface area contributed by atoms with E-state index in [1.54, 1.807) is 19.1 Å². The van der Waals surface area contributed by atoms with Gasteiger partial charge in [-0.15, -0.1) is 0 Å². The minimum Gasteiger partial charge on any atom is -0.468 e. The summed E-state index contributed by atoms with van der Waals surface area (Å²) in [6.07, 6.45) is 0. The molecule has 1 N–H and O–H groups in total. The number of benzene rings is 1. The average molecular weight is 251 g/mol. The van der Waals surface area contributed by atoms with Gasteiger partial charge in [0.25, 0.3) is 0 Å². The molecule has 0 aliphatic rings. The van der Waals surface area contributed by atoms with Gasteiger partial charge in [0.05, 0.1) is 14.2 Å². The highest BCUT2D eigenvalue weighted by Gasteiger charge is 2.25. The maximum atomic E-state index is 11.7. The normalized spacial score (nSPS) is 13.5. The van der Waals surface area contributed by atoms with Gasteiger partial charge in [-0.05, 0) is 12.5 Å². The van der Waals surface area contributed by atoms with E-state index >= 15 is 0 Å². The molecule has 0 saturated carbocycles. The second-order valence-corrected chi connectivity index (χ2v) is 3.78. The van der Waals surface area contributed by atoms with Crippen molar-refractivity contribution < 1.29 is 19.1 Å². The summed E-state index contributed by atoms with van der Waals surface area (Å²) < 4.78 is 9.34. The van der Waals surface area contributed by atoms with Crippen LogP contribution in [-0.2, 0) is 19.1 Å². The highest BCUT2D eigenvalue weighted by Crippen LogP contribution is 2.15. The quantitative estimate of drug-likeness (QED) is 0.792. The molecule has 0 fully saturated rings. The number of ether oxygens (including phenoxy) is 2. The van der Waals surface area contributed by atoms with Crippen molar-refractivity contribution in [3.63, 3.8) is 0 Å². The first-order valence-corrected chi connectivity index (χ1v) is 5.56. The van der Waals surface area contributed by atoms with Crippen LogP contribution in [0, 0.1) is 0 Å². The van der Waals surface area contributed by atoms with E-state index in [4.69, 9.17) is 4.74 Å². The summed E-state index contributed by atoms with van der Waals surface area (Å²) in [5, 5.41) is 2.89. The topological polar surface area (TPSA) is 64.6 Å². The molecule has 18 heavy (non-hydrogen) atoms. The zero-order valence-corrected chi connectivity index (χ0v) is 10.7. The van der Waals surface area contributed by atoms with Crippen LogP contribution in [0.5, 0.6) is 0 Å². The number of esters is 2. The van der Waals surface area contributed by atoms with Crippen LogP contribution < -0.4 is 5.32 Å². The summed E-state index contributed by atoms with van der Waals surface area (Å²) in [5.41, 5.74) is 0.736. The fraction of sp³-hybridized carbons (Fsp3) is 0.385. The Labute approximate surface area is 106 Å². The number of nitrogens with one attached hydrogen (secondary N) is 1. The summed E-state index contributed by atoms with van der Waals surface area (Å²) in [6.45, 7) is 1.63. The largest absolute Gasteiger partial charge is 0.468 e. The van der Waals surface area contributed by atoms with Crippen molar-refractivity contribution in [2.75, 3.05) is 14.2 Å². The van der Waals surface area contributed by atoms with Crippen molar-refractivity contribution in [1.82, 2.24) is 5.32 Å². The molecule has 0 aliphatic heterocycles. The molecular formula is C13H17NO4. The Morgan fingerprint density at radius 1 is 1.06 bits per heavy atom. The number of carbonyl (C=O) groups is 2. The summed E-state index contributed by atoms with van der Waals surface area (Å²) in [4.78, 5) is 23.1. The number of methoxy groups -OCH3 is 2. The van der Waals surface area contributed by atoms with Gasteiger partial charge in [0.2, 0.25) is 0 Å². The van der Waals surface area contributed by atoms with Crippen LogP contribution in [0.1, 0.15) is 18.5 Å². The van der Waals surface area contributed by atoms with E-state index in [9.17, 15) is 9.59 Å². The van der Waals surface area contributed by atoms with Gasteiger partial charge in [-0.3, -0.25) is 10.1 Å². The highest BCUT2D eigenvalue weighted by atomic mass is 16.5. The van der Waals surface area contributed by atoms with E-state index < -0.39 is 24.0 Å². The molecule has 0 unspecified atom stereocenters. The van der Waals surface area contributed by atoms with E-state index in [1.807, 2.05) is 18.2 Å². The molecular weight excluding hydrogens is 234 g/mol. The van der Waals surface area contributed by atoms with E-state index in [2.05, 4.69) is 10.1 Å². The fourth-order valence-electron chi connectivity index (χ4n) is 1.56. The van der Waals surface area contributed by atoms with Crippen LogP contribution in [-0.4, -0.2) is 32.2 Å². The Hall–Kier alpha value is -1.88. The molecule has 5 nitrogen and oxygen atoms in total. The maximum absolute atomic E-state index is 11.7. The van der Waals surface area contributed by atoms with Gasteiger partial charge in [-0.1, -0.05) is 30.3 Å². The molecule has 2 atom stereocenters. The van der Waals surface area contributed by atoms with Crippen LogP contribution >= 0.6 is 0 Å². The average Bonchev–Trinajstić information content (AvgIpc) is 2.43. The predicted octanol–water partition coefficient (Wildman–Crippen LogP) is 1.05. The van der Waals surface area contributed by atoms with Crippen molar-refractivity contribution in [2.45, 2.75) is 19.0 Å². The van der Waals surface area contributed by atoms with Crippen LogP contribution in [0.15, 0.2) is 30.3 Å². The Kier molecular flexibility index (Phi) is 5.32. The second kappa shape index (κ2) is 6.76. The van der Waals surface area contributed by atoms with E-state index in [1.165, 1.54) is 14.2 Å². The predicted molar refractivity (Wildman–Crippen MR) is 65.8 cm³/mol. The minimum absolute atomic E-state index is 0.431. The van der Waals surface area contributed by atoms with Gasteiger partial charge in [-0.2, -0.15) is 0 Å². The molecule has 0 radical (unpaired) electrons. The molecule has 0 saturated heterocycles. The first-order chi connectivity index (χ1) is 8.60. The van der Waals surface area contributed by atoms with E-state index in [0.29, 0.717) is 0 Å². The van der Waals surface area contributed by atoms with Crippen molar-refractivity contribution in [2.24, 2.45) is 0 Å². The van der Waals surface area contributed by atoms with Crippen LogP contribution in [0.25, 0.3) is 0 Å². The SMILES string of the molecule is COC(=O)[C@H](C)N[C@H](C(=O)OC)c1ccccc1. The van der Waals surface area contributed by atoms with E-state index in [-0.39, 0.29) is 0 Å². The molecule has 0 spiro atoms. The summed E-state index contributed by atoms with van der Waals surface area (Å²) in [6, 6.07) is 7.77. The number of hydrogen-bond donors (Lipinski definition) is 1. The molecule has 0 aromatic heterocycles. The fourth-order valence-corrected chi connectivity index (χ4v) is 1.56. The van der Waals surface area contributed by atoms with E-state index in [0.717, 1.165) is 5.56 Å². The van der Waals surface area contributed by atoms with Crippen molar-refractivity contribution in [3.8, 4) is 0 Å². The summed E-state index contributed by atoms with van der Waals surface area (Å²) >= 11 is 0. The molecule has 0 heterocycles. The third-order valence-corrected chi connectivity index (χ3v) is 2.54. The minimum atomic E-state index is -0.690. The lowest BCUT2D eigenvalue weighted by molar-refractivity contribution is -0.146. The maximum Gasteiger partial charge on any atom is 0.327 e. The second-order valence-electron chi connectivity index (χ2n) is 3.78. The Bertz CT molecular complexity index is 405. The Morgan fingerprint density at radius 3 is 2.11 bits per heavy atom. The first-order valence-electron chi connectivity index (χ1n) is 5.56. The zero-order valence-electron chi connectivity index (χ0n) is 10.7. The third kappa shape index (κ3) is 3.56. The van der Waals surface area contributed by atoms with Crippen molar-refractivity contribution in [1.29, 1.82) is 0 Å². The number of rotatable bonds is 5. The highest BCUT2D eigenvalue weighted by molar-refractivity contribution is 5.80. The number of carbonyl (C=O) groups excluding carboxylic acids is 2. The molecule has 98 valence electrons. The third-order valence-electron chi connectivity index (χ3n) is 2.54. The lowest BCUT2D eigenvalue weighted by Crippen LogP contribution is -2.41. The van der Waals surface area contributed by atoms with Gasteiger partial charge in [0.15, 0.2) is 0 Å². The van der Waals surface area contributed by atoms with Gasteiger partial charge in [0, 0.05) is 0 Å². The molecule has 5 heteroatoms. The molecule has 0 aliphatic carbocycles. The summed E-state index contributed by atoms with van der Waals surface area (Å²) in [7, 11) is 2.61. The van der Waals surface area contributed by atoms with Crippen molar-refractivity contribution in [3.05, 3.63) is 35.9 Å². The lowest BCUT2D eigenvalue weighted by atomic mass is 10.1. The molecule has 1 aromatic carbocycles. The molecule has 1 rings (SSSR count). The lowest BCUT2D eigenvalue weighted by Gasteiger charge is -2.20. The number of hydrogen-bond acceptors (Lipinski definition) is 5. The van der Waals surface area contributed by atoms with Gasteiger partial charge >= 0.3 is 11.9 Å². The Balaban J connectivity index is 2.87. The Morgan fingerprint density at radius 2 is 1.61 bits per heavy atom. The molecule has 0 amide bonds.